The minimum absolute atomic E-state index is 0.141. The van der Waals surface area contributed by atoms with Gasteiger partial charge in [-0.15, -0.1) is 22.7 Å². The molecule has 0 radical (unpaired) electrons. The number of hydrogen-bond donors (Lipinski definition) is 0. The molecule has 0 amide bonds. The van der Waals surface area contributed by atoms with Crippen molar-refractivity contribution in [1.29, 1.82) is 0 Å². The summed E-state index contributed by atoms with van der Waals surface area (Å²) in [5.74, 6) is 0.198. The highest BCUT2D eigenvalue weighted by Crippen LogP contribution is 2.33. The molecule has 0 saturated heterocycles. The van der Waals surface area contributed by atoms with Crippen molar-refractivity contribution in [1.82, 2.24) is 4.98 Å². The quantitative estimate of drug-likeness (QED) is 0.409. The Morgan fingerprint density at radius 2 is 1.89 bits per heavy atom. The van der Waals surface area contributed by atoms with Crippen LogP contribution < -0.4 is 9.47 Å². The molecule has 2 heterocycles. The molecule has 1 aromatic carbocycles. The average molecular weight is 424 g/mol. The normalized spacial score (nSPS) is 10.5. The van der Waals surface area contributed by atoms with Gasteiger partial charge in [0.05, 0.1) is 23.4 Å². The predicted molar refractivity (Wildman–Crippen MR) is 105 cm³/mol. The summed E-state index contributed by atoms with van der Waals surface area (Å²) in [7, 11) is 3.10. The Balaban J connectivity index is 1.68. The molecular weight excluding hydrogens is 410 g/mol. The number of carbonyl (C=O) groups excluding carboxylic acids is 2. The van der Waals surface area contributed by atoms with Gasteiger partial charge in [-0.3, -0.25) is 4.79 Å². The van der Waals surface area contributed by atoms with E-state index in [0.29, 0.717) is 25.7 Å². The number of aromatic nitrogens is 1. The number of nitrogens with zero attached hydrogens (tertiary/aromatic N) is 1. The van der Waals surface area contributed by atoms with E-state index in [1.54, 1.807) is 43.9 Å². The molecule has 0 unspecified atom stereocenters. The Morgan fingerprint density at radius 3 is 2.56 bits per heavy atom. The topological polar surface area (TPSA) is 74.7 Å². The number of rotatable bonds is 7. The summed E-state index contributed by atoms with van der Waals surface area (Å²) in [4.78, 5) is 28.9. The highest BCUT2D eigenvalue weighted by Gasteiger charge is 2.17. The molecule has 0 aliphatic carbocycles. The zero-order valence-corrected chi connectivity index (χ0v) is 16.7. The number of ketones is 1. The van der Waals surface area contributed by atoms with Crippen LogP contribution in [0.5, 0.6) is 11.5 Å². The van der Waals surface area contributed by atoms with Gasteiger partial charge in [-0.1, -0.05) is 11.6 Å². The second kappa shape index (κ2) is 8.51. The Kier molecular flexibility index (Phi) is 6.10. The molecule has 3 rings (SSSR count). The number of Topliss-reactive ketones (excluding diaryl/α,β-unsaturated/α-hetero) is 1. The van der Waals surface area contributed by atoms with Crippen molar-refractivity contribution in [2.75, 3.05) is 20.8 Å². The standard InChI is InChI=1S/C18H14ClNO5S2/c1-23-13-4-3-10(7-14(13)24-2)17-20-11(9-26-17)18(22)25-8-12(21)15-5-6-16(19)27-15/h3-7,9H,8H2,1-2H3. The van der Waals surface area contributed by atoms with Crippen molar-refractivity contribution in [2.24, 2.45) is 0 Å². The van der Waals surface area contributed by atoms with Gasteiger partial charge in [-0.05, 0) is 30.3 Å². The first-order valence-electron chi connectivity index (χ1n) is 7.65. The molecule has 27 heavy (non-hydrogen) atoms. The first-order valence-corrected chi connectivity index (χ1v) is 9.73. The number of carbonyl (C=O) groups is 2. The second-order valence-electron chi connectivity index (χ2n) is 5.21. The van der Waals surface area contributed by atoms with Crippen LogP contribution in [-0.4, -0.2) is 37.6 Å². The second-order valence-corrected chi connectivity index (χ2v) is 7.78. The highest BCUT2D eigenvalue weighted by molar-refractivity contribution is 7.18. The Morgan fingerprint density at radius 1 is 1.11 bits per heavy atom. The van der Waals surface area contributed by atoms with Gasteiger partial charge in [0, 0.05) is 10.9 Å². The van der Waals surface area contributed by atoms with Crippen LogP contribution in [0, 0.1) is 0 Å². The van der Waals surface area contributed by atoms with Crippen LogP contribution in [0.15, 0.2) is 35.7 Å². The van der Waals surface area contributed by atoms with Crippen LogP contribution in [0.3, 0.4) is 0 Å². The van der Waals surface area contributed by atoms with E-state index < -0.39 is 5.97 Å². The van der Waals surface area contributed by atoms with Crippen molar-refractivity contribution < 1.29 is 23.8 Å². The third kappa shape index (κ3) is 4.47. The van der Waals surface area contributed by atoms with Gasteiger partial charge in [0.15, 0.2) is 23.8 Å². The fourth-order valence-corrected chi connectivity index (χ4v) is 3.96. The summed E-state index contributed by atoms with van der Waals surface area (Å²) >= 11 is 8.23. The third-order valence-electron chi connectivity index (χ3n) is 3.53. The summed E-state index contributed by atoms with van der Waals surface area (Å²) in [5.41, 5.74) is 0.919. The number of thiazole rings is 1. The molecule has 0 atom stereocenters. The number of ether oxygens (including phenoxy) is 3. The summed E-state index contributed by atoms with van der Waals surface area (Å²) in [6.07, 6.45) is 0. The van der Waals surface area contributed by atoms with Gasteiger partial charge in [-0.25, -0.2) is 9.78 Å². The molecule has 0 fully saturated rings. The Labute approximate surface area is 168 Å². The molecule has 6 nitrogen and oxygen atoms in total. The van der Waals surface area contributed by atoms with E-state index in [0.717, 1.165) is 16.9 Å². The maximum Gasteiger partial charge on any atom is 0.358 e. The van der Waals surface area contributed by atoms with Crippen LogP contribution in [0.1, 0.15) is 20.2 Å². The smallest absolute Gasteiger partial charge is 0.358 e. The fourth-order valence-electron chi connectivity index (χ4n) is 2.21. The zero-order chi connectivity index (χ0) is 19.4. The SMILES string of the molecule is COc1ccc(-c2nc(C(=O)OCC(=O)c3ccc(Cl)s3)cs2)cc1OC. The summed E-state index contributed by atoms with van der Waals surface area (Å²) in [6, 6.07) is 8.58. The van der Waals surface area contributed by atoms with E-state index in [4.69, 9.17) is 25.8 Å². The number of methoxy groups -OCH3 is 2. The van der Waals surface area contributed by atoms with Crippen LogP contribution in [0.2, 0.25) is 4.34 Å². The number of esters is 1. The lowest BCUT2D eigenvalue weighted by atomic mass is 10.2. The van der Waals surface area contributed by atoms with Gasteiger partial charge in [0.2, 0.25) is 5.78 Å². The van der Waals surface area contributed by atoms with E-state index in [2.05, 4.69) is 4.98 Å². The largest absolute Gasteiger partial charge is 0.493 e. The number of halogens is 1. The van der Waals surface area contributed by atoms with Crippen molar-refractivity contribution in [3.05, 3.63) is 50.6 Å². The van der Waals surface area contributed by atoms with Crippen LogP contribution in [0.4, 0.5) is 0 Å². The summed E-state index contributed by atoms with van der Waals surface area (Å²) < 4.78 is 16.0. The van der Waals surface area contributed by atoms with Gasteiger partial charge in [0.25, 0.3) is 0 Å². The van der Waals surface area contributed by atoms with Crippen molar-refractivity contribution >= 4 is 46.0 Å². The van der Waals surface area contributed by atoms with Crippen molar-refractivity contribution in [3.63, 3.8) is 0 Å². The third-order valence-corrected chi connectivity index (χ3v) is 5.69. The summed E-state index contributed by atoms with van der Waals surface area (Å²) in [5, 5.41) is 2.21. The maximum atomic E-state index is 12.2. The molecule has 0 bridgehead atoms. The van der Waals surface area contributed by atoms with Gasteiger partial charge in [0.1, 0.15) is 5.01 Å². The molecule has 140 valence electrons. The number of benzene rings is 1. The minimum Gasteiger partial charge on any atom is -0.493 e. The van der Waals surface area contributed by atoms with E-state index in [1.165, 1.54) is 11.3 Å². The Hall–Kier alpha value is -2.42. The number of thiophene rings is 1. The Bertz CT molecular complexity index is 982. The first-order chi connectivity index (χ1) is 13.0. The summed E-state index contributed by atoms with van der Waals surface area (Å²) in [6.45, 7) is -0.362. The van der Waals surface area contributed by atoms with E-state index >= 15 is 0 Å². The molecule has 9 heteroatoms. The van der Waals surface area contributed by atoms with Gasteiger partial charge >= 0.3 is 5.97 Å². The molecule has 0 spiro atoms. The lowest BCUT2D eigenvalue weighted by Crippen LogP contribution is -2.13. The minimum atomic E-state index is -0.658. The molecule has 2 aromatic heterocycles. The van der Waals surface area contributed by atoms with Crippen LogP contribution in [-0.2, 0) is 4.74 Å². The average Bonchev–Trinajstić information content (AvgIpc) is 3.34. The van der Waals surface area contributed by atoms with E-state index in [9.17, 15) is 9.59 Å². The zero-order valence-electron chi connectivity index (χ0n) is 14.4. The maximum absolute atomic E-state index is 12.2. The molecule has 0 saturated carbocycles. The lowest BCUT2D eigenvalue weighted by molar-refractivity contribution is 0.0471. The van der Waals surface area contributed by atoms with Crippen LogP contribution in [0.25, 0.3) is 10.6 Å². The molecule has 3 aromatic rings. The van der Waals surface area contributed by atoms with Gasteiger partial charge < -0.3 is 14.2 Å². The molecular formula is C18H14ClNO5S2. The molecule has 0 aliphatic rings. The van der Waals surface area contributed by atoms with Crippen LogP contribution >= 0.6 is 34.3 Å². The number of hydrogen-bond acceptors (Lipinski definition) is 8. The molecule has 0 N–H and O–H groups in total. The predicted octanol–water partition coefficient (Wildman–Crippen LogP) is 4.58. The van der Waals surface area contributed by atoms with E-state index in [1.807, 2.05) is 6.07 Å². The molecule has 0 aliphatic heterocycles. The van der Waals surface area contributed by atoms with Crippen molar-refractivity contribution in [2.45, 2.75) is 0 Å². The lowest BCUT2D eigenvalue weighted by Gasteiger charge is -2.08. The fraction of sp³-hybridized carbons (Fsp3) is 0.167. The van der Waals surface area contributed by atoms with Crippen molar-refractivity contribution in [3.8, 4) is 22.1 Å². The van der Waals surface area contributed by atoms with Gasteiger partial charge in [-0.2, -0.15) is 0 Å². The van der Waals surface area contributed by atoms with E-state index in [-0.39, 0.29) is 18.1 Å². The highest BCUT2D eigenvalue weighted by atomic mass is 35.5. The monoisotopic (exact) mass is 423 g/mol. The first kappa shape index (κ1) is 19.3.